The zero-order valence-electron chi connectivity index (χ0n) is 7.18. The lowest BCUT2D eigenvalue weighted by Crippen LogP contribution is -1.76. The van der Waals surface area contributed by atoms with Gasteiger partial charge >= 0.3 is 0 Å². The van der Waals surface area contributed by atoms with Gasteiger partial charge < -0.3 is 0 Å². The fourth-order valence-corrected chi connectivity index (χ4v) is 1.87. The fourth-order valence-electron chi connectivity index (χ4n) is 0.882. The molecule has 14 heavy (non-hydrogen) atoms. The second-order valence-corrected chi connectivity index (χ2v) is 3.73. The van der Waals surface area contributed by atoms with Gasteiger partial charge in [-0.05, 0) is 29.1 Å². The van der Waals surface area contributed by atoms with Crippen LogP contribution in [0, 0.1) is 21.3 Å². The highest BCUT2D eigenvalue weighted by Crippen LogP contribution is 2.28. The van der Waals surface area contributed by atoms with Gasteiger partial charge in [0.2, 0.25) is 0 Å². The predicted molar refractivity (Wildman–Crippen MR) is 60.8 cm³/mol. The van der Waals surface area contributed by atoms with Crippen LogP contribution in [0.5, 0.6) is 0 Å². The lowest BCUT2D eigenvalue weighted by atomic mass is 10.2. The molecule has 0 radical (unpaired) electrons. The highest BCUT2D eigenvalue weighted by atomic mass is 32.2. The summed E-state index contributed by atoms with van der Waals surface area (Å²) < 4.78 is 0. The minimum Gasteiger partial charge on any atom is -0.185 e. The minimum absolute atomic E-state index is 0.805. The Balaban J connectivity index is 2.91. The molecule has 0 fully saturated rings. The van der Waals surface area contributed by atoms with Gasteiger partial charge in [-0.3, -0.25) is 0 Å². The van der Waals surface area contributed by atoms with Crippen molar-refractivity contribution in [2.75, 3.05) is 0 Å². The highest BCUT2D eigenvalue weighted by Gasteiger charge is 2.00. The molecule has 0 unspecified atom stereocenters. The molecule has 1 rings (SSSR count). The second-order valence-electron chi connectivity index (χ2n) is 2.25. The lowest BCUT2D eigenvalue weighted by molar-refractivity contribution is 1.57. The largest absolute Gasteiger partial charge is 0.185 e. The van der Waals surface area contributed by atoms with Gasteiger partial charge in [-0.15, -0.1) is 0 Å². The van der Waals surface area contributed by atoms with Gasteiger partial charge in [-0.2, -0.15) is 10.5 Å². The van der Waals surface area contributed by atoms with Crippen molar-refractivity contribution < 1.29 is 0 Å². The van der Waals surface area contributed by atoms with Crippen LogP contribution in [0.2, 0.25) is 0 Å². The predicted octanol–water partition coefficient (Wildman–Crippen LogP) is 3.41. The van der Waals surface area contributed by atoms with Crippen LogP contribution in [0.4, 0.5) is 0 Å². The summed E-state index contributed by atoms with van der Waals surface area (Å²) in [5, 5.41) is 22.6. The lowest BCUT2D eigenvalue weighted by Gasteiger charge is -1.99. The molecule has 0 amide bonds. The molecule has 0 saturated carbocycles. The molecule has 0 atom stereocenters. The van der Waals surface area contributed by atoms with Gasteiger partial charge in [0.1, 0.15) is 10.8 Å². The van der Waals surface area contributed by atoms with Crippen molar-refractivity contribution in [3.63, 3.8) is 0 Å². The summed E-state index contributed by atoms with van der Waals surface area (Å²) in [5.74, 6) is 0. The Bertz CT molecular complexity index is 398. The first-order valence-corrected chi connectivity index (χ1v) is 5.44. The summed E-state index contributed by atoms with van der Waals surface area (Å²) in [4.78, 5) is 0.805. The molecule has 0 heterocycles. The van der Waals surface area contributed by atoms with E-state index < -0.39 is 0 Å². The van der Waals surface area contributed by atoms with E-state index in [0.717, 1.165) is 34.0 Å². The smallest absolute Gasteiger partial charge is 0.138 e. The number of benzene rings is 1. The van der Waals surface area contributed by atoms with Crippen LogP contribution >= 0.6 is 23.5 Å². The minimum atomic E-state index is 0.805. The van der Waals surface area contributed by atoms with Crippen LogP contribution in [0.25, 0.3) is 4.91 Å². The third-order valence-corrected chi connectivity index (χ3v) is 2.71. The molecule has 0 aliphatic heterocycles. The molecule has 0 aliphatic carbocycles. The summed E-state index contributed by atoms with van der Waals surface area (Å²) >= 11 is 2.09. The van der Waals surface area contributed by atoms with E-state index in [9.17, 15) is 0 Å². The Labute approximate surface area is 91.2 Å². The van der Waals surface area contributed by atoms with Crippen molar-refractivity contribution in [3.05, 3.63) is 41.3 Å². The van der Waals surface area contributed by atoms with Crippen LogP contribution < -0.4 is 0 Å². The summed E-state index contributed by atoms with van der Waals surface area (Å²) in [5.41, 5.74) is 0.960. The first-order valence-electron chi connectivity index (χ1n) is 3.74. The number of rotatable bonds is 3. The molecule has 0 N–H and O–H groups in total. The maximum atomic E-state index is 8.58. The zero-order valence-corrected chi connectivity index (χ0v) is 8.81. The summed E-state index contributed by atoms with van der Waals surface area (Å²) in [6.45, 7) is 0. The summed E-state index contributed by atoms with van der Waals surface area (Å²) in [7, 11) is 0. The highest BCUT2D eigenvalue weighted by molar-refractivity contribution is 8.14. The maximum absolute atomic E-state index is 8.58. The van der Waals surface area contributed by atoms with E-state index >= 15 is 0 Å². The van der Waals surface area contributed by atoms with Crippen LogP contribution in [-0.2, 0) is 0 Å². The van der Waals surface area contributed by atoms with E-state index in [1.165, 1.54) is 0 Å². The molecular formula is C10H6N2S2. The van der Waals surface area contributed by atoms with Gasteiger partial charge in [0.05, 0.1) is 0 Å². The molecule has 0 bridgehead atoms. The van der Waals surface area contributed by atoms with Gasteiger partial charge in [0.15, 0.2) is 0 Å². The van der Waals surface area contributed by atoms with Gasteiger partial charge in [-0.25, -0.2) is 0 Å². The molecule has 0 spiro atoms. The third-order valence-electron chi connectivity index (χ3n) is 1.43. The average molecular weight is 218 g/mol. The van der Waals surface area contributed by atoms with Crippen molar-refractivity contribution in [1.82, 2.24) is 0 Å². The van der Waals surface area contributed by atoms with Crippen molar-refractivity contribution >= 4 is 28.4 Å². The number of thioether (sulfide) groups is 2. The van der Waals surface area contributed by atoms with Crippen LogP contribution in [0.1, 0.15) is 5.56 Å². The first-order chi connectivity index (χ1) is 6.88. The number of nitriles is 2. The Morgan fingerprint density at radius 2 is 1.86 bits per heavy atom. The van der Waals surface area contributed by atoms with Crippen molar-refractivity contribution in [2.45, 2.75) is 0 Å². The number of nitrogens with zero attached hydrogens (tertiary/aromatic N) is 2. The Kier molecular flexibility index (Phi) is 4.71. The third kappa shape index (κ3) is 3.18. The van der Waals surface area contributed by atoms with Gasteiger partial charge in [0, 0.05) is 10.3 Å². The number of hydrogen-bond donors (Lipinski definition) is 0. The van der Waals surface area contributed by atoms with Gasteiger partial charge in [-0.1, -0.05) is 30.3 Å². The van der Waals surface area contributed by atoms with E-state index in [0.29, 0.717) is 0 Å². The monoisotopic (exact) mass is 218 g/mol. The number of thiocyanates is 2. The summed E-state index contributed by atoms with van der Waals surface area (Å²) in [6, 6.07) is 9.54. The number of hydrogen-bond acceptors (Lipinski definition) is 4. The van der Waals surface area contributed by atoms with Crippen molar-refractivity contribution in [3.8, 4) is 10.8 Å². The van der Waals surface area contributed by atoms with Crippen molar-refractivity contribution in [2.24, 2.45) is 0 Å². The van der Waals surface area contributed by atoms with Gasteiger partial charge in [0.25, 0.3) is 0 Å². The first kappa shape index (κ1) is 10.7. The quantitative estimate of drug-likeness (QED) is 0.729. The molecule has 2 nitrogen and oxygen atoms in total. The average Bonchev–Trinajstić information content (AvgIpc) is 2.25. The molecule has 1 aromatic carbocycles. The Morgan fingerprint density at radius 1 is 1.14 bits per heavy atom. The molecule has 1 aromatic rings. The van der Waals surface area contributed by atoms with Crippen molar-refractivity contribution in [1.29, 1.82) is 10.5 Å². The topological polar surface area (TPSA) is 47.6 Å². The van der Waals surface area contributed by atoms with E-state index in [-0.39, 0.29) is 0 Å². The van der Waals surface area contributed by atoms with E-state index in [2.05, 4.69) is 0 Å². The van der Waals surface area contributed by atoms with Crippen LogP contribution in [-0.4, -0.2) is 0 Å². The van der Waals surface area contributed by atoms with E-state index in [1.807, 2.05) is 41.1 Å². The Hall–Kier alpha value is -1.36. The summed E-state index contributed by atoms with van der Waals surface area (Å²) in [6.07, 6.45) is 0. The standard InChI is InChI=1S/C10H6N2S2/c11-7-13-6-10(14-8-12)9-4-2-1-3-5-9/h1-6H/b10-6+. The van der Waals surface area contributed by atoms with Crippen LogP contribution in [0.3, 0.4) is 0 Å². The molecule has 0 saturated heterocycles. The fraction of sp³-hybridized carbons (Fsp3) is 0. The zero-order chi connectivity index (χ0) is 10.2. The Morgan fingerprint density at radius 3 is 2.43 bits per heavy atom. The molecule has 0 aromatic heterocycles. The SMILES string of the molecule is N#CS/C=C(/SC#N)c1ccccc1. The molecule has 4 heteroatoms. The molecule has 0 aliphatic rings. The molecular weight excluding hydrogens is 212 g/mol. The van der Waals surface area contributed by atoms with Crippen LogP contribution in [0.15, 0.2) is 35.7 Å². The normalized spacial score (nSPS) is 10.3. The second kappa shape index (κ2) is 6.15. The maximum Gasteiger partial charge on any atom is 0.138 e. The van der Waals surface area contributed by atoms with E-state index in [4.69, 9.17) is 10.5 Å². The van der Waals surface area contributed by atoms with E-state index in [1.54, 1.807) is 5.41 Å². The molecule has 68 valence electrons.